The van der Waals surface area contributed by atoms with Gasteiger partial charge < -0.3 is 4.90 Å². The van der Waals surface area contributed by atoms with E-state index in [0.717, 1.165) is 54.1 Å². The molecule has 2 aliphatic heterocycles. The van der Waals surface area contributed by atoms with Crippen LogP contribution in [0.2, 0.25) is 0 Å². The van der Waals surface area contributed by atoms with Crippen LogP contribution in [-0.4, -0.2) is 42.3 Å². The molecule has 2 aliphatic rings. The Kier molecular flexibility index (Phi) is 5.76. The average Bonchev–Trinajstić information content (AvgIpc) is 3.38. The molecular formula is C25H26N4O2S. The van der Waals surface area contributed by atoms with Gasteiger partial charge in [-0.3, -0.25) is 0 Å². The molecule has 7 heteroatoms. The van der Waals surface area contributed by atoms with Crippen molar-refractivity contribution in [1.29, 1.82) is 0 Å². The molecule has 0 N–H and O–H groups in total. The van der Waals surface area contributed by atoms with E-state index in [0.29, 0.717) is 25.3 Å². The van der Waals surface area contributed by atoms with Crippen LogP contribution >= 0.6 is 0 Å². The van der Waals surface area contributed by atoms with Crippen LogP contribution in [0, 0.1) is 0 Å². The van der Waals surface area contributed by atoms with Crippen molar-refractivity contribution in [3.63, 3.8) is 0 Å². The zero-order valence-electron chi connectivity index (χ0n) is 17.9. The summed E-state index contributed by atoms with van der Waals surface area (Å²) >= 11 is 0. The number of fused-ring (bicyclic) bond motifs is 1. The molecule has 0 bridgehead atoms. The monoisotopic (exact) mass is 446 g/mol. The lowest BCUT2D eigenvalue weighted by Gasteiger charge is -2.30. The highest BCUT2D eigenvalue weighted by molar-refractivity contribution is 7.92. The number of hydrogen-bond donors (Lipinski definition) is 0. The Hall–Kier alpha value is -3.03. The van der Waals surface area contributed by atoms with E-state index in [-0.39, 0.29) is 0 Å². The molecule has 0 amide bonds. The highest BCUT2D eigenvalue weighted by Gasteiger charge is 2.31. The summed E-state index contributed by atoms with van der Waals surface area (Å²) in [5, 5.41) is 1.31. The first kappa shape index (κ1) is 20.8. The van der Waals surface area contributed by atoms with Crippen molar-refractivity contribution in [2.45, 2.75) is 25.8 Å². The first-order valence-corrected chi connectivity index (χ1v) is 12.5. The quantitative estimate of drug-likeness (QED) is 0.590. The van der Waals surface area contributed by atoms with Crippen molar-refractivity contribution < 1.29 is 8.42 Å². The van der Waals surface area contributed by atoms with Gasteiger partial charge >= 0.3 is 0 Å². The fraction of sp³-hybridized carbons (Fsp3) is 0.280. The first-order valence-electron chi connectivity index (χ1n) is 11.0. The molecule has 0 atom stereocenters. The zero-order chi connectivity index (χ0) is 22.0. The average molecular weight is 447 g/mol. The van der Waals surface area contributed by atoms with E-state index in [2.05, 4.69) is 4.90 Å². The molecule has 2 aromatic carbocycles. The summed E-state index contributed by atoms with van der Waals surface area (Å²) in [5.74, 6) is 1.60. The second kappa shape index (κ2) is 8.84. The van der Waals surface area contributed by atoms with Gasteiger partial charge in [0.25, 0.3) is 0 Å². The SMILES string of the molecule is O=S(=O)(/C=C/c1ccccc1)N1CCc2nc(-c3ccccc3)nc(N3CCCC3)c2C1. The molecule has 6 nitrogen and oxygen atoms in total. The summed E-state index contributed by atoms with van der Waals surface area (Å²) in [6.07, 6.45) is 4.49. The normalized spacial score (nSPS) is 17.1. The lowest BCUT2D eigenvalue weighted by Crippen LogP contribution is -2.37. The Bertz CT molecular complexity index is 1220. The van der Waals surface area contributed by atoms with Crippen LogP contribution < -0.4 is 4.90 Å². The van der Waals surface area contributed by atoms with Gasteiger partial charge in [0, 0.05) is 49.1 Å². The van der Waals surface area contributed by atoms with Crippen LogP contribution in [0.15, 0.2) is 66.1 Å². The molecule has 0 unspecified atom stereocenters. The van der Waals surface area contributed by atoms with Gasteiger partial charge in [-0.2, -0.15) is 4.31 Å². The Morgan fingerprint density at radius 3 is 2.25 bits per heavy atom. The van der Waals surface area contributed by atoms with Crippen LogP contribution in [0.3, 0.4) is 0 Å². The van der Waals surface area contributed by atoms with Gasteiger partial charge in [-0.15, -0.1) is 0 Å². The highest BCUT2D eigenvalue weighted by atomic mass is 32.2. The van der Waals surface area contributed by atoms with Gasteiger partial charge in [-0.25, -0.2) is 18.4 Å². The second-order valence-corrected chi connectivity index (χ2v) is 10.0. The molecule has 0 spiro atoms. The second-order valence-electron chi connectivity index (χ2n) is 8.20. The van der Waals surface area contributed by atoms with Crippen LogP contribution in [0.1, 0.15) is 29.7 Å². The number of hydrogen-bond acceptors (Lipinski definition) is 5. The van der Waals surface area contributed by atoms with Gasteiger partial charge in [0.15, 0.2) is 5.82 Å². The van der Waals surface area contributed by atoms with Crippen LogP contribution in [0.25, 0.3) is 17.5 Å². The highest BCUT2D eigenvalue weighted by Crippen LogP contribution is 2.32. The van der Waals surface area contributed by atoms with Gasteiger partial charge in [0.1, 0.15) is 5.82 Å². The van der Waals surface area contributed by atoms with E-state index in [9.17, 15) is 8.42 Å². The van der Waals surface area contributed by atoms with Gasteiger partial charge in [0.05, 0.1) is 5.69 Å². The number of sulfonamides is 1. The molecule has 1 aromatic heterocycles. The molecule has 0 aliphatic carbocycles. The molecule has 0 radical (unpaired) electrons. The Balaban J connectivity index is 1.48. The Morgan fingerprint density at radius 2 is 1.53 bits per heavy atom. The summed E-state index contributed by atoms with van der Waals surface area (Å²) in [6.45, 7) is 2.60. The predicted octanol–water partition coefficient (Wildman–Crippen LogP) is 4.10. The lowest BCUT2D eigenvalue weighted by atomic mass is 10.1. The van der Waals surface area contributed by atoms with E-state index in [4.69, 9.17) is 9.97 Å². The van der Waals surface area contributed by atoms with Gasteiger partial charge in [-0.05, 0) is 24.5 Å². The van der Waals surface area contributed by atoms with E-state index < -0.39 is 10.0 Å². The van der Waals surface area contributed by atoms with Crippen LogP contribution in [0.5, 0.6) is 0 Å². The maximum Gasteiger partial charge on any atom is 0.236 e. The van der Waals surface area contributed by atoms with Gasteiger partial charge in [-0.1, -0.05) is 60.7 Å². The largest absolute Gasteiger partial charge is 0.356 e. The molecular weight excluding hydrogens is 420 g/mol. The van der Waals surface area contributed by atoms with Crippen molar-refractivity contribution in [3.05, 3.63) is 82.9 Å². The molecule has 3 aromatic rings. The maximum absolute atomic E-state index is 13.1. The third kappa shape index (κ3) is 4.31. The number of anilines is 1. The van der Waals surface area contributed by atoms with Crippen molar-refractivity contribution in [1.82, 2.24) is 14.3 Å². The smallest absolute Gasteiger partial charge is 0.236 e. The minimum Gasteiger partial charge on any atom is -0.356 e. The van der Waals surface area contributed by atoms with Crippen molar-refractivity contribution in [2.24, 2.45) is 0 Å². The summed E-state index contributed by atoms with van der Waals surface area (Å²) in [7, 11) is -3.55. The number of aromatic nitrogens is 2. The fourth-order valence-corrected chi connectivity index (χ4v) is 5.47. The standard InChI is InChI=1S/C25H26N4O2S/c30-32(31,18-14-20-9-3-1-4-10-20)29-17-13-23-22(19-29)25(28-15-7-8-16-28)27-24(26-23)21-11-5-2-6-12-21/h1-6,9-12,14,18H,7-8,13,15-17,19H2/b18-14+. The summed E-state index contributed by atoms with van der Waals surface area (Å²) in [6, 6.07) is 19.5. The lowest BCUT2D eigenvalue weighted by molar-refractivity contribution is 0.392. The molecule has 164 valence electrons. The van der Waals surface area contributed by atoms with Crippen LogP contribution in [-0.2, 0) is 23.0 Å². The zero-order valence-corrected chi connectivity index (χ0v) is 18.7. The van der Waals surface area contributed by atoms with Crippen LogP contribution in [0.4, 0.5) is 5.82 Å². The van der Waals surface area contributed by atoms with E-state index in [1.54, 1.807) is 10.4 Å². The Labute approximate surface area is 189 Å². The Morgan fingerprint density at radius 1 is 0.844 bits per heavy atom. The molecule has 0 saturated carbocycles. The van der Waals surface area contributed by atoms with E-state index >= 15 is 0 Å². The van der Waals surface area contributed by atoms with Gasteiger partial charge in [0.2, 0.25) is 10.0 Å². The van der Waals surface area contributed by atoms with Crippen molar-refractivity contribution in [2.75, 3.05) is 24.5 Å². The van der Waals surface area contributed by atoms with E-state index in [1.807, 2.05) is 60.7 Å². The molecule has 3 heterocycles. The minimum atomic E-state index is -3.55. The summed E-state index contributed by atoms with van der Waals surface area (Å²) < 4.78 is 27.7. The summed E-state index contributed by atoms with van der Waals surface area (Å²) in [4.78, 5) is 12.1. The third-order valence-corrected chi connectivity index (χ3v) is 7.54. The molecule has 1 fully saturated rings. The molecule has 32 heavy (non-hydrogen) atoms. The third-order valence-electron chi connectivity index (χ3n) is 6.03. The minimum absolute atomic E-state index is 0.303. The summed E-state index contributed by atoms with van der Waals surface area (Å²) in [5.41, 5.74) is 3.74. The topological polar surface area (TPSA) is 66.4 Å². The predicted molar refractivity (Wildman–Crippen MR) is 127 cm³/mol. The molecule has 5 rings (SSSR count). The first-order chi connectivity index (χ1) is 15.6. The van der Waals surface area contributed by atoms with Crippen molar-refractivity contribution in [3.8, 4) is 11.4 Å². The van der Waals surface area contributed by atoms with Crippen molar-refractivity contribution >= 4 is 21.9 Å². The maximum atomic E-state index is 13.1. The fourth-order valence-electron chi connectivity index (χ4n) is 4.31. The molecule has 1 saturated heterocycles. The number of benzene rings is 2. The number of nitrogens with zero attached hydrogens (tertiary/aromatic N) is 4. The van der Waals surface area contributed by atoms with E-state index in [1.165, 1.54) is 5.41 Å². The number of rotatable bonds is 5.